The van der Waals surface area contributed by atoms with E-state index < -0.39 is 84.5 Å². The molecule has 5 atom stereocenters. The van der Waals surface area contributed by atoms with Gasteiger partial charge in [0.15, 0.2) is 0 Å². The molecular weight excluding hydrogens is 610 g/mol. The zero-order valence-corrected chi connectivity index (χ0v) is 26.0. The normalized spacial score (nSPS) is 24.2. The maximum Gasteiger partial charge on any atom is 0.326 e. The minimum absolute atomic E-state index is 0.00615. The van der Waals surface area contributed by atoms with Crippen LogP contribution in [-0.2, 0) is 40.0 Å². The molecule has 14 heteroatoms. The molecule has 1 fully saturated rings. The molecular formula is C33H39N5O9. The summed E-state index contributed by atoms with van der Waals surface area (Å²) in [6.07, 6.45) is 1.89. The summed E-state index contributed by atoms with van der Waals surface area (Å²) >= 11 is 0. The van der Waals surface area contributed by atoms with Gasteiger partial charge in [0.1, 0.15) is 18.1 Å². The molecule has 0 unspecified atom stereocenters. The molecule has 250 valence electrons. The number of carbonyl (C=O) groups is 7. The number of hydrogen-bond acceptors (Lipinski definition) is 7. The number of carboxylic acid groups (broad SMARTS) is 2. The summed E-state index contributed by atoms with van der Waals surface area (Å²) in [5.74, 6) is -7.67. The van der Waals surface area contributed by atoms with E-state index in [1.54, 1.807) is 66.7 Å². The number of rotatable bonds is 6. The maximum atomic E-state index is 13.8. The van der Waals surface area contributed by atoms with E-state index in [1.807, 2.05) is 6.07 Å². The van der Waals surface area contributed by atoms with E-state index in [0.29, 0.717) is 5.56 Å². The average Bonchev–Trinajstić information content (AvgIpc) is 3.03. The number of hydrogen-bond donors (Lipinski definition) is 6. The SMILES string of the molecule is C[C@@H]1C(=O)N[C@@H](C(=O)O)CCC(=O)N(C)CC(=O)N[C@@H](C(=O)O)CC(=O)N[C@H](Cc2ccccc2)C(=O)N[C@H]1/C=C/c1ccccc1. The lowest BCUT2D eigenvalue weighted by Crippen LogP contribution is -2.55. The van der Waals surface area contributed by atoms with Crippen LogP contribution in [0.3, 0.4) is 0 Å². The summed E-state index contributed by atoms with van der Waals surface area (Å²) in [5.41, 5.74) is 1.43. The first-order valence-corrected chi connectivity index (χ1v) is 15.0. The van der Waals surface area contributed by atoms with Crippen LogP contribution in [0, 0.1) is 5.92 Å². The average molecular weight is 650 g/mol. The molecule has 1 aliphatic heterocycles. The third-order valence-corrected chi connectivity index (χ3v) is 7.58. The van der Waals surface area contributed by atoms with Gasteiger partial charge in [0.2, 0.25) is 29.5 Å². The van der Waals surface area contributed by atoms with Crippen LogP contribution in [0.1, 0.15) is 37.3 Å². The lowest BCUT2D eigenvalue weighted by atomic mass is 9.97. The van der Waals surface area contributed by atoms with Gasteiger partial charge in [-0.25, -0.2) is 9.59 Å². The number of carboxylic acids is 2. The Morgan fingerprint density at radius 1 is 0.809 bits per heavy atom. The van der Waals surface area contributed by atoms with E-state index in [0.717, 1.165) is 10.5 Å². The van der Waals surface area contributed by atoms with E-state index in [4.69, 9.17) is 0 Å². The minimum atomic E-state index is -1.67. The highest BCUT2D eigenvalue weighted by Crippen LogP contribution is 2.13. The molecule has 1 saturated heterocycles. The van der Waals surface area contributed by atoms with Crippen LogP contribution in [0.4, 0.5) is 0 Å². The van der Waals surface area contributed by atoms with E-state index in [9.17, 15) is 43.8 Å². The van der Waals surface area contributed by atoms with Crippen LogP contribution < -0.4 is 21.3 Å². The van der Waals surface area contributed by atoms with Crippen molar-refractivity contribution in [3.05, 3.63) is 77.9 Å². The van der Waals surface area contributed by atoms with E-state index in [-0.39, 0.29) is 19.3 Å². The Hall–Kier alpha value is -5.53. The second kappa shape index (κ2) is 17.2. The Kier molecular flexibility index (Phi) is 13.2. The number of aliphatic carboxylic acids is 2. The fourth-order valence-corrected chi connectivity index (χ4v) is 4.81. The predicted molar refractivity (Wildman–Crippen MR) is 169 cm³/mol. The van der Waals surface area contributed by atoms with Crippen LogP contribution in [0.5, 0.6) is 0 Å². The van der Waals surface area contributed by atoms with Crippen molar-refractivity contribution in [1.29, 1.82) is 0 Å². The van der Waals surface area contributed by atoms with Gasteiger partial charge < -0.3 is 36.4 Å². The Morgan fingerprint density at radius 3 is 2.04 bits per heavy atom. The van der Waals surface area contributed by atoms with E-state index in [2.05, 4.69) is 21.3 Å². The second-order valence-electron chi connectivity index (χ2n) is 11.3. The zero-order chi connectivity index (χ0) is 34.5. The summed E-state index contributed by atoms with van der Waals surface area (Å²) in [4.78, 5) is 90.5. The fourth-order valence-electron chi connectivity index (χ4n) is 4.81. The molecule has 3 rings (SSSR count). The molecule has 2 aromatic carbocycles. The molecule has 5 amide bonds. The van der Waals surface area contributed by atoms with Crippen LogP contribution in [0.25, 0.3) is 6.08 Å². The third-order valence-electron chi connectivity index (χ3n) is 7.58. The lowest BCUT2D eigenvalue weighted by Gasteiger charge is -2.27. The topological polar surface area (TPSA) is 211 Å². The van der Waals surface area contributed by atoms with Gasteiger partial charge in [0.05, 0.1) is 24.9 Å². The van der Waals surface area contributed by atoms with Gasteiger partial charge in [-0.3, -0.25) is 24.0 Å². The number of amides is 5. The van der Waals surface area contributed by atoms with Gasteiger partial charge >= 0.3 is 11.9 Å². The first-order chi connectivity index (χ1) is 22.3. The van der Waals surface area contributed by atoms with Gasteiger partial charge in [0.25, 0.3) is 0 Å². The first kappa shape index (κ1) is 35.9. The standard InChI is InChI=1S/C33H39N5O9/c1-20-23(14-13-21-9-5-3-6-10-21)36-31(43)25(17-22-11-7-4-8-12-22)34-27(39)18-26(33(46)47)35-28(40)19-38(2)29(41)16-15-24(32(44)45)37-30(20)42/h3-14,20,23-26H,15-19H2,1-2H3,(H,34,39)(H,35,40)(H,36,43)(H,37,42)(H,44,45)(H,46,47)/b14-13+/t20-,23-,24+,25+,26+/m0/s1. The lowest BCUT2D eigenvalue weighted by molar-refractivity contribution is -0.144. The predicted octanol–water partition coefficient (Wildman–Crippen LogP) is 0.329. The summed E-state index contributed by atoms with van der Waals surface area (Å²) in [6, 6.07) is 12.4. The van der Waals surface area contributed by atoms with Crippen molar-refractivity contribution in [3.63, 3.8) is 0 Å². The van der Waals surface area contributed by atoms with Crippen LogP contribution in [0.2, 0.25) is 0 Å². The zero-order valence-electron chi connectivity index (χ0n) is 26.0. The van der Waals surface area contributed by atoms with E-state index >= 15 is 0 Å². The molecule has 0 bridgehead atoms. The smallest absolute Gasteiger partial charge is 0.326 e. The number of nitrogens with one attached hydrogen (secondary N) is 4. The largest absolute Gasteiger partial charge is 0.480 e. The highest BCUT2D eigenvalue weighted by molar-refractivity contribution is 5.93. The van der Waals surface area contributed by atoms with Crippen LogP contribution in [-0.4, -0.2) is 94.3 Å². The Labute approximate surface area is 271 Å². The molecule has 1 heterocycles. The van der Waals surface area contributed by atoms with Crippen molar-refractivity contribution < 1.29 is 43.8 Å². The molecule has 6 N–H and O–H groups in total. The second-order valence-corrected chi connectivity index (χ2v) is 11.3. The van der Waals surface area contributed by atoms with Gasteiger partial charge in [-0.1, -0.05) is 79.7 Å². The third kappa shape index (κ3) is 11.4. The molecule has 14 nitrogen and oxygen atoms in total. The van der Waals surface area contributed by atoms with Crippen molar-refractivity contribution in [2.45, 2.75) is 56.8 Å². The monoisotopic (exact) mass is 649 g/mol. The van der Waals surface area contributed by atoms with Gasteiger partial charge in [-0.15, -0.1) is 0 Å². The molecule has 1 aliphatic rings. The fraction of sp³-hybridized carbons (Fsp3) is 0.364. The van der Waals surface area contributed by atoms with Crippen LogP contribution in [0.15, 0.2) is 66.7 Å². The number of benzene rings is 2. The summed E-state index contributed by atoms with van der Waals surface area (Å²) in [6.45, 7) is 0.926. The quantitative estimate of drug-likeness (QED) is 0.254. The molecule has 0 aliphatic carbocycles. The van der Waals surface area contributed by atoms with Crippen LogP contribution >= 0.6 is 0 Å². The van der Waals surface area contributed by atoms with Crippen molar-refractivity contribution in [2.75, 3.05) is 13.6 Å². The van der Waals surface area contributed by atoms with Gasteiger partial charge in [0, 0.05) is 19.9 Å². The number of likely N-dealkylation sites (N-methyl/N-ethyl adjacent to an activating group) is 1. The Bertz CT molecular complexity index is 1480. The molecule has 0 saturated carbocycles. The van der Waals surface area contributed by atoms with Crippen molar-refractivity contribution in [1.82, 2.24) is 26.2 Å². The summed E-state index contributed by atoms with van der Waals surface area (Å²) in [7, 11) is 1.28. The molecule has 0 aromatic heterocycles. The highest BCUT2D eigenvalue weighted by atomic mass is 16.4. The molecule has 2 aromatic rings. The number of nitrogens with zero attached hydrogens (tertiary/aromatic N) is 1. The Morgan fingerprint density at radius 2 is 1.43 bits per heavy atom. The minimum Gasteiger partial charge on any atom is -0.480 e. The highest BCUT2D eigenvalue weighted by Gasteiger charge is 2.32. The molecule has 0 spiro atoms. The number of carbonyl (C=O) groups excluding carboxylic acids is 5. The van der Waals surface area contributed by atoms with Crippen molar-refractivity contribution in [3.8, 4) is 0 Å². The first-order valence-electron chi connectivity index (χ1n) is 15.0. The molecule has 0 radical (unpaired) electrons. The maximum absolute atomic E-state index is 13.8. The van der Waals surface area contributed by atoms with Gasteiger partial charge in [-0.05, 0) is 17.5 Å². The van der Waals surface area contributed by atoms with E-state index in [1.165, 1.54) is 14.0 Å². The summed E-state index contributed by atoms with van der Waals surface area (Å²) in [5, 5.41) is 29.5. The van der Waals surface area contributed by atoms with Crippen molar-refractivity contribution in [2.24, 2.45) is 5.92 Å². The Balaban J connectivity index is 2.01. The summed E-state index contributed by atoms with van der Waals surface area (Å²) < 4.78 is 0. The van der Waals surface area contributed by atoms with Gasteiger partial charge in [-0.2, -0.15) is 0 Å². The molecule has 47 heavy (non-hydrogen) atoms. The van der Waals surface area contributed by atoms with Crippen molar-refractivity contribution >= 4 is 47.6 Å².